The van der Waals surface area contributed by atoms with Crippen molar-refractivity contribution < 1.29 is 9.59 Å². The van der Waals surface area contributed by atoms with Crippen LogP contribution >= 0.6 is 0 Å². The van der Waals surface area contributed by atoms with E-state index in [1.165, 1.54) is 0 Å². The highest BCUT2D eigenvalue weighted by Gasteiger charge is 2.42. The minimum absolute atomic E-state index is 0.0179. The number of nitrogens with one attached hydrogen (secondary N) is 1. The zero-order valence-corrected chi connectivity index (χ0v) is 11.9. The largest absolute Gasteiger partial charge is 0.342 e. The number of fused-ring (bicyclic) bond motifs is 1. The molecule has 1 aliphatic carbocycles. The number of amides is 2. The topological polar surface area (TPSA) is 88.3 Å². The second kappa shape index (κ2) is 5.81. The molecule has 2 aliphatic rings. The molecule has 1 saturated heterocycles. The van der Waals surface area contributed by atoms with Crippen molar-refractivity contribution in [2.45, 2.75) is 18.9 Å². The molecule has 0 aromatic carbocycles. The third-order valence-corrected chi connectivity index (χ3v) is 4.56. The van der Waals surface area contributed by atoms with Gasteiger partial charge < -0.3 is 16.0 Å². The first kappa shape index (κ1) is 14.0. The van der Waals surface area contributed by atoms with E-state index in [9.17, 15) is 9.59 Å². The van der Waals surface area contributed by atoms with E-state index in [1.807, 2.05) is 4.90 Å². The number of hydrogen-bond donors (Lipinski definition) is 2. The highest BCUT2D eigenvalue weighted by Crippen LogP contribution is 2.36. The molecule has 21 heavy (non-hydrogen) atoms. The predicted octanol–water partition coefficient (Wildman–Crippen LogP) is 0.00710. The summed E-state index contributed by atoms with van der Waals surface area (Å²) in [6, 6.07) is 5.33. The zero-order chi connectivity index (χ0) is 14.8. The van der Waals surface area contributed by atoms with E-state index in [4.69, 9.17) is 5.73 Å². The summed E-state index contributed by atoms with van der Waals surface area (Å²) in [7, 11) is 0. The van der Waals surface area contributed by atoms with Crippen LogP contribution in [0.5, 0.6) is 0 Å². The monoisotopic (exact) mass is 288 g/mol. The zero-order valence-electron chi connectivity index (χ0n) is 11.9. The van der Waals surface area contributed by atoms with Crippen LogP contribution in [-0.4, -0.2) is 47.4 Å². The molecule has 1 aromatic rings. The third kappa shape index (κ3) is 2.90. The Morgan fingerprint density at radius 3 is 2.90 bits per heavy atom. The van der Waals surface area contributed by atoms with Gasteiger partial charge in [-0.25, -0.2) is 0 Å². The Labute approximate surface area is 123 Å². The maximum atomic E-state index is 12.2. The van der Waals surface area contributed by atoms with Gasteiger partial charge in [-0.15, -0.1) is 0 Å². The van der Waals surface area contributed by atoms with Gasteiger partial charge in [-0.05, 0) is 36.8 Å². The van der Waals surface area contributed by atoms with Crippen molar-refractivity contribution >= 4 is 11.8 Å². The van der Waals surface area contributed by atoms with Crippen LogP contribution < -0.4 is 11.1 Å². The lowest BCUT2D eigenvalue weighted by atomic mass is 9.98. The summed E-state index contributed by atoms with van der Waals surface area (Å²) in [6.07, 6.45) is 3.73. The maximum absolute atomic E-state index is 12.2. The van der Waals surface area contributed by atoms with Gasteiger partial charge in [-0.2, -0.15) is 0 Å². The number of rotatable bonds is 3. The molecular formula is C15H20N4O2. The fourth-order valence-electron chi connectivity index (χ4n) is 3.37. The van der Waals surface area contributed by atoms with E-state index in [1.54, 1.807) is 24.4 Å². The number of hydrogen-bond acceptors (Lipinski definition) is 4. The maximum Gasteiger partial charge on any atom is 0.270 e. The van der Waals surface area contributed by atoms with E-state index in [2.05, 4.69) is 10.3 Å². The molecule has 0 bridgehead atoms. The van der Waals surface area contributed by atoms with Gasteiger partial charge >= 0.3 is 0 Å². The highest BCUT2D eigenvalue weighted by molar-refractivity contribution is 5.94. The normalized spacial score (nSPS) is 27.5. The molecule has 2 heterocycles. The predicted molar refractivity (Wildman–Crippen MR) is 77.3 cm³/mol. The molecule has 2 amide bonds. The second-order valence-corrected chi connectivity index (χ2v) is 5.86. The minimum Gasteiger partial charge on any atom is -0.342 e. The molecule has 3 rings (SSSR count). The molecule has 112 valence electrons. The molecule has 2 fully saturated rings. The molecule has 3 atom stereocenters. The van der Waals surface area contributed by atoms with Gasteiger partial charge in [0, 0.05) is 25.3 Å². The van der Waals surface area contributed by atoms with Gasteiger partial charge in [0.1, 0.15) is 5.69 Å². The summed E-state index contributed by atoms with van der Waals surface area (Å²) < 4.78 is 0. The van der Waals surface area contributed by atoms with Crippen LogP contribution in [0, 0.1) is 11.8 Å². The van der Waals surface area contributed by atoms with Crippen molar-refractivity contribution in [3.05, 3.63) is 30.1 Å². The Kier molecular flexibility index (Phi) is 3.88. The van der Waals surface area contributed by atoms with Crippen LogP contribution in [0.1, 0.15) is 23.3 Å². The van der Waals surface area contributed by atoms with Crippen molar-refractivity contribution in [1.82, 2.24) is 15.2 Å². The molecule has 6 nitrogen and oxygen atoms in total. The Morgan fingerprint density at radius 1 is 1.33 bits per heavy atom. The fraction of sp³-hybridized carbons (Fsp3) is 0.533. The second-order valence-electron chi connectivity index (χ2n) is 5.86. The van der Waals surface area contributed by atoms with Crippen LogP contribution in [0.3, 0.4) is 0 Å². The van der Waals surface area contributed by atoms with Gasteiger partial charge in [0.15, 0.2) is 0 Å². The van der Waals surface area contributed by atoms with E-state index in [0.717, 1.165) is 25.9 Å². The fourth-order valence-corrected chi connectivity index (χ4v) is 3.37. The number of likely N-dealkylation sites (tertiary alicyclic amines) is 1. The molecule has 3 N–H and O–H groups in total. The van der Waals surface area contributed by atoms with Crippen LogP contribution in [0.15, 0.2) is 24.4 Å². The van der Waals surface area contributed by atoms with E-state index in [0.29, 0.717) is 17.5 Å². The van der Waals surface area contributed by atoms with Crippen molar-refractivity contribution in [2.24, 2.45) is 17.6 Å². The Hall–Kier alpha value is -1.95. The lowest BCUT2D eigenvalue weighted by Crippen LogP contribution is -2.40. The summed E-state index contributed by atoms with van der Waals surface area (Å²) in [5, 5.41) is 2.63. The molecule has 0 spiro atoms. The Balaban J connectivity index is 1.50. The molecule has 1 saturated carbocycles. The minimum atomic E-state index is -0.319. The number of aromatic nitrogens is 1. The average Bonchev–Trinajstić information content (AvgIpc) is 3.08. The molecule has 1 aromatic heterocycles. The average molecular weight is 288 g/mol. The Bertz CT molecular complexity index is 534. The van der Waals surface area contributed by atoms with Gasteiger partial charge in [0.05, 0.1) is 6.54 Å². The lowest BCUT2D eigenvalue weighted by Gasteiger charge is -2.18. The first-order valence-corrected chi connectivity index (χ1v) is 7.37. The van der Waals surface area contributed by atoms with Crippen molar-refractivity contribution in [2.75, 3.05) is 19.6 Å². The van der Waals surface area contributed by atoms with Crippen LogP contribution in [0.2, 0.25) is 0 Å². The Morgan fingerprint density at radius 2 is 2.19 bits per heavy atom. The standard InChI is InChI=1S/C15H20N4O2/c16-12-5-4-10-8-19(9-11(10)12)14(20)7-18-15(21)13-3-1-2-6-17-13/h1-3,6,10-12H,4-5,7-9,16H2,(H,18,21). The number of carbonyl (C=O) groups excluding carboxylic acids is 2. The quantitative estimate of drug-likeness (QED) is 0.820. The summed E-state index contributed by atoms with van der Waals surface area (Å²) in [4.78, 5) is 29.8. The van der Waals surface area contributed by atoms with Crippen LogP contribution in [-0.2, 0) is 4.79 Å². The SMILES string of the molecule is NC1CCC2CN(C(=O)CNC(=O)c3ccccn3)CC12. The van der Waals surface area contributed by atoms with Crippen molar-refractivity contribution in [1.29, 1.82) is 0 Å². The third-order valence-electron chi connectivity index (χ3n) is 4.56. The summed E-state index contributed by atoms with van der Waals surface area (Å²) in [5.41, 5.74) is 6.39. The lowest BCUT2D eigenvalue weighted by molar-refractivity contribution is -0.129. The number of pyridine rings is 1. The van der Waals surface area contributed by atoms with Crippen molar-refractivity contribution in [3.8, 4) is 0 Å². The molecule has 6 heteroatoms. The molecule has 0 radical (unpaired) electrons. The number of carbonyl (C=O) groups is 2. The number of nitrogens with zero attached hydrogens (tertiary/aromatic N) is 2. The van der Waals surface area contributed by atoms with Gasteiger partial charge in [-0.3, -0.25) is 14.6 Å². The first-order chi connectivity index (χ1) is 10.1. The highest BCUT2D eigenvalue weighted by atomic mass is 16.2. The molecular weight excluding hydrogens is 268 g/mol. The summed E-state index contributed by atoms with van der Waals surface area (Å²) in [5.74, 6) is 0.608. The summed E-state index contributed by atoms with van der Waals surface area (Å²) >= 11 is 0. The summed E-state index contributed by atoms with van der Waals surface area (Å²) in [6.45, 7) is 1.52. The van der Waals surface area contributed by atoms with E-state index >= 15 is 0 Å². The smallest absolute Gasteiger partial charge is 0.270 e. The van der Waals surface area contributed by atoms with Gasteiger partial charge in [0.2, 0.25) is 5.91 Å². The van der Waals surface area contributed by atoms with E-state index < -0.39 is 0 Å². The van der Waals surface area contributed by atoms with Crippen LogP contribution in [0.4, 0.5) is 0 Å². The number of nitrogens with two attached hydrogens (primary N) is 1. The van der Waals surface area contributed by atoms with Crippen LogP contribution in [0.25, 0.3) is 0 Å². The van der Waals surface area contributed by atoms with E-state index in [-0.39, 0.29) is 24.4 Å². The molecule has 3 unspecified atom stereocenters. The molecule has 1 aliphatic heterocycles. The van der Waals surface area contributed by atoms with Gasteiger partial charge in [0.25, 0.3) is 5.91 Å². The van der Waals surface area contributed by atoms with Crippen molar-refractivity contribution in [3.63, 3.8) is 0 Å². The van der Waals surface area contributed by atoms with Gasteiger partial charge in [-0.1, -0.05) is 6.07 Å². The first-order valence-electron chi connectivity index (χ1n) is 7.37.